The van der Waals surface area contributed by atoms with Crippen molar-refractivity contribution in [2.75, 3.05) is 13.2 Å². The van der Waals surface area contributed by atoms with Crippen LogP contribution in [0.25, 0.3) is 0 Å². The van der Waals surface area contributed by atoms with E-state index in [2.05, 4.69) is 14.8 Å². The number of esters is 2. The highest BCUT2D eigenvalue weighted by atomic mass is 16.5. The van der Waals surface area contributed by atoms with E-state index in [1.807, 2.05) is 0 Å². The second-order valence-corrected chi connectivity index (χ2v) is 3.61. The van der Waals surface area contributed by atoms with Crippen molar-refractivity contribution in [1.82, 2.24) is 5.32 Å². The predicted octanol–water partition coefficient (Wildman–Crippen LogP) is -1.99. The van der Waals surface area contributed by atoms with E-state index in [0.717, 1.165) is 13.8 Å². The lowest BCUT2D eigenvalue weighted by Gasteiger charge is -2.17. The smallest absolute Gasteiger partial charge is 0.329 e. The summed E-state index contributed by atoms with van der Waals surface area (Å²) in [6, 6.07) is -2.62. The number of carbonyl (C=O) groups excluding carboxylic acids is 3. The molecule has 0 aromatic carbocycles. The third-order valence-corrected chi connectivity index (χ3v) is 1.87. The minimum atomic E-state index is -1.42. The summed E-state index contributed by atoms with van der Waals surface area (Å²) in [6.07, 6.45) is 0. The number of nitrogens with two attached hydrogens (primary N) is 1. The fourth-order valence-electron chi connectivity index (χ4n) is 0.937. The summed E-state index contributed by atoms with van der Waals surface area (Å²) in [7, 11) is 0. The van der Waals surface area contributed by atoms with Crippen molar-refractivity contribution in [3.63, 3.8) is 0 Å². The normalized spacial score (nSPS) is 13.0. The molecule has 9 nitrogen and oxygen atoms in total. The summed E-state index contributed by atoms with van der Waals surface area (Å²) in [5, 5.41) is 10.9. The topological polar surface area (TPSA) is 145 Å². The van der Waals surface area contributed by atoms with Crippen LogP contribution in [0, 0.1) is 0 Å². The zero-order valence-electron chi connectivity index (χ0n) is 10.5. The van der Waals surface area contributed by atoms with Crippen molar-refractivity contribution in [3.8, 4) is 0 Å². The van der Waals surface area contributed by atoms with E-state index < -0.39 is 42.5 Å². The van der Waals surface area contributed by atoms with E-state index in [1.165, 1.54) is 0 Å². The molecule has 0 spiro atoms. The Morgan fingerprint density at radius 3 is 2.00 bits per heavy atom. The zero-order chi connectivity index (χ0) is 15.0. The Hall–Kier alpha value is -2.16. The standard InChI is InChI=1S/C10H16N2O7/c1-5(13)18-3-7(11)9(15)12-8(10(16)17)4-19-6(2)14/h7-8H,3-4,11H2,1-2H3,(H,12,15)(H,16,17)/t7-,8?/m0/s1. The first-order chi connectivity index (χ1) is 8.73. The van der Waals surface area contributed by atoms with Crippen LogP contribution in [0.5, 0.6) is 0 Å². The number of aliphatic carboxylic acids is 1. The average molecular weight is 276 g/mol. The van der Waals surface area contributed by atoms with Crippen LogP contribution in [0.2, 0.25) is 0 Å². The molecule has 0 aliphatic rings. The fraction of sp³-hybridized carbons (Fsp3) is 0.600. The van der Waals surface area contributed by atoms with E-state index in [4.69, 9.17) is 10.8 Å². The largest absolute Gasteiger partial charge is 0.480 e. The SMILES string of the molecule is CC(=O)OCC(NC(=O)[C@@H](N)COC(C)=O)C(=O)O. The van der Waals surface area contributed by atoms with Crippen molar-refractivity contribution < 1.29 is 33.8 Å². The number of carboxylic acid groups (broad SMARTS) is 1. The predicted molar refractivity (Wildman–Crippen MR) is 60.8 cm³/mol. The minimum absolute atomic E-state index is 0.374. The maximum absolute atomic E-state index is 11.5. The number of nitrogens with one attached hydrogen (secondary N) is 1. The van der Waals surface area contributed by atoms with E-state index in [0.29, 0.717) is 0 Å². The Labute approximate surface area is 109 Å². The molecule has 1 amide bonds. The average Bonchev–Trinajstić information content (AvgIpc) is 2.30. The van der Waals surface area contributed by atoms with Gasteiger partial charge in [-0.1, -0.05) is 0 Å². The van der Waals surface area contributed by atoms with Crippen LogP contribution in [0.15, 0.2) is 0 Å². The molecule has 0 saturated carbocycles. The maximum atomic E-state index is 11.5. The molecule has 0 aliphatic carbocycles. The number of hydrogen-bond acceptors (Lipinski definition) is 7. The van der Waals surface area contributed by atoms with Gasteiger partial charge in [0, 0.05) is 13.8 Å². The van der Waals surface area contributed by atoms with Gasteiger partial charge in [0.15, 0.2) is 6.04 Å². The molecule has 0 fully saturated rings. The molecule has 0 rings (SSSR count). The van der Waals surface area contributed by atoms with Gasteiger partial charge in [-0.05, 0) is 0 Å². The van der Waals surface area contributed by atoms with Gasteiger partial charge in [0.25, 0.3) is 0 Å². The number of rotatable bonds is 7. The van der Waals surface area contributed by atoms with Crippen molar-refractivity contribution in [2.24, 2.45) is 5.73 Å². The zero-order valence-corrected chi connectivity index (χ0v) is 10.5. The van der Waals surface area contributed by atoms with Gasteiger partial charge in [0.05, 0.1) is 0 Å². The molecule has 9 heteroatoms. The Morgan fingerprint density at radius 2 is 1.58 bits per heavy atom. The van der Waals surface area contributed by atoms with Gasteiger partial charge in [0.2, 0.25) is 5.91 Å². The molecule has 0 aromatic rings. The maximum Gasteiger partial charge on any atom is 0.329 e. The van der Waals surface area contributed by atoms with Crippen LogP contribution in [-0.4, -0.2) is 54.2 Å². The lowest BCUT2D eigenvalue weighted by atomic mass is 10.2. The number of hydrogen-bond donors (Lipinski definition) is 3. The molecule has 0 heterocycles. The number of amides is 1. The van der Waals surface area contributed by atoms with Gasteiger partial charge in [-0.15, -0.1) is 0 Å². The highest BCUT2D eigenvalue weighted by Crippen LogP contribution is 1.91. The number of carbonyl (C=O) groups is 4. The van der Waals surface area contributed by atoms with Crippen LogP contribution in [0.1, 0.15) is 13.8 Å². The molecule has 0 radical (unpaired) electrons. The lowest BCUT2D eigenvalue weighted by Crippen LogP contribution is -2.52. The van der Waals surface area contributed by atoms with Crippen LogP contribution in [-0.2, 0) is 28.7 Å². The summed E-state index contributed by atoms with van der Waals surface area (Å²) in [6.45, 7) is 1.36. The van der Waals surface area contributed by atoms with Gasteiger partial charge >= 0.3 is 17.9 Å². The summed E-state index contributed by atoms with van der Waals surface area (Å²) >= 11 is 0. The Kier molecular flexibility index (Phi) is 7.12. The second kappa shape index (κ2) is 8.03. The quantitative estimate of drug-likeness (QED) is 0.453. The Balaban J connectivity index is 4.33. The monoisotopic (exact) mass is 276 g/mol. The van der Waals surface area contributed by atoms with E-state index in [9.17, 15) is 19.2 Å². The molecular weight excluding hydrogens is 260 g/mol. The minimum Gasteiger partial charge on any atom is -0.480 e. The third-order valence-electron chi connectivity index (χ3n) is 1.87. The van der Waals surface area contributed by atoms with Gasteiger partial charge in [-0.25, -0.2) is 4.79 Å². The fourth-order valence-corrected chi connectivity index (χ4v) is 0.937. The van der Waals surface area contributed by atoms with Gasteiger partial charge in [-0.2, -0.15) is 0 Å². The van der Waals surface area contributed by atoms with Crippen molar-refractivity contribution >= 4 is 23.8 Å². The van der Waals surface area contributed by atoms with E-state index >= 15 is 0 Å². The molecular formula is C10H16N2O7. The Morgan fingerprint density at radius 1 is 1.11 bits per heavy atom. The van der Waals surface area contributed by atoms with E-state index in [1.54, 1.807) is 0 Å². The highest BCUT2D eigenvalue weighted by molar-refractivity contribution is 5.87. The van der Waals surface area contributed by atoms with Gasteiger partial charge in [-0.3, -0.25) is 14.4 Å². The Bertz CT molecular complexity index is 369. The second-order valence-electron chi connectivity index (χ2n) is 3.61. The molecule has 0 saturated heterocycles. The first kappa shape index (κ1) is 16.8. The van der Waals surface area contributed by atoms with E-state index in [-0.39, 0.29) is 6.61 Å². The summed E-state index contributed by atoms with van der Waals surface area (Å²) < 4.78 is 8.99. The van der Waals surface area contributed by atoms with Crippen molar-refractivity contribution in [2.45, 2.75) is 25.9 Å². The molecule has 4 N–H and O–H groups in total. The van der Waals surface area contributed by atoms with Crippen LogP contribution >= 0.6 is 0 Å². The van der Waals surface area contributed by atoms with Crippen LogP contribution < -0.4 is 11.1 Å². The van der Waals surface area contributed by atoms with Crippen LogP contribution in [0.3, 0.4) is 0 Å². The lowest BCUT2D eigenvalue weighted by molar-refractivity contribution is -0.150. The third kappa shape index (κ3) is 7.71. The molecule has 2 atom stereocenters. The van der Waals surface area contributed by atoms with Crippen LogP contribution in [0.4, 0.5) is 0 Å². The highest BCUT2D eigenvalue weighted by Gasteiger charge is 2.24. The first-order valence-electron chi connectivity index (χ1n) is 5.29. The van der Waals surface area contributed by atoms with Gasteiger partial charge in [0.1, 0.15) is 19.3 Å². The van der Waals surface area contributed by atoms with Gasteiger partial charge < -0.3 is 25.6 Å². The number of carboxylic acids is 1. The molecule has 19 heavy (non-hydrogen) atoms. The summed E-state index contributed by atoms with van der Waals surface area (Å²) in [5.74, 6) is -3.50. The molecule has 0 aliphatic heterocycles. The summed E-state index contributed by atoms with van der Waals surface area (Å²) in [4.78, 5) is 43.4. The molecule has 0 aromatic heterocycles. The number of ether oxygens (including phenoxy) is 2. The first-order valence-corrected chi connectivity index (χ1v) is 5.29. The van der Waals surface area contributed by atoms with Crippen molar-refractivity contribution in [3.05, 3.63) is 0 Å². The molecule has 0 bridgehead atoms. The van der Waals surface area contributed by atoms with Crippen molar-refractivity contribution in [1.29, 1.82) is 0 Å². The molecule has 108 valence electrons. The molecule has 1 unspecified atom stereocenters. The summed E-state index contributed by atoms with van der Waals surface area (Å²) in [5.41, 5.74) is 5.38.